The summed E-state index contributed by atoms with van der Waals surface area (Å²) in [6, 6.07) is 2.73. The molecule has 2 heteroatoms. The highest BCUT2D eigenvalue weighted by Crippen LogP contribution is 2.36. The second-order valence-electron chi connectivity index (χ2n) is 6.25. The Bertz CT molecular complexity index is 286. The molecule has 0 radical (unpaired) electrons. The first-order valence-electron chi connectivity index (χ1n) is 7.97. The van der Waals surface area contributed by atoms with Gasteiger partial charge in [-0.3, -0.25) is 4.90 Å². The van der Waals surface area contributed by atoms with Crippen molar-refractivity contribution in [1.82, 2.24) is 4.90 Å². The first kappa shape index (κ1) is 13.9. The maximum absolute atomic E-state index is 9.78. The molecule has 0 N–H and O–H groups in total. The summed E-state index contributed by atoms with van der Waals surface area (Å²) >= 11 is 0. The van der Waals surface area contributed by atoms with Crippen molar-refractivity contribution in [2.45, 2.75) is 76.7 Å². The molecule has 2 unspecified atom stereocenters. The van der Waals surface area contributed by atoms with Crippen molar-refractivity contribution in [3.05, 3.63) is 0 Å². The molecule has 0 aromatic rings. The van der Waals surface area contributed by atoms with Crippen LogP contribution in [0.25, 0.3) is 0 Å². The van der Waals surface area contributed by atoms with Gasteiger partial charge in [-0.25, -0.2) is 0 Å². The highest BCUT2D eigenvalue weighted by Gasteiger charge is 2.38. The van der Waals surface area contributed by atoms with Crippen molar-refractivity contribution in [1.29, 1.82) is 5.26 Å². The molecule has 18 heavy (non-hydrogen) atoms. The summed E-state index contributed by atoms with van der Waals surface area (Å²) in [5.41, 5.74) is -0.117. The Hall–Kier alpha value is -0.550. The predicted molar refractivity (Wildman–Crippen MR) is 75.3 cm³/mol. The number of hydrogen-bond acceptors (Lipinski definition) is 2. The molecule has 2 aliphatic rings. The van der Waals surface area contributed by atoms with Crippen LogP contribution < -0.4 is 0 Å². The van der Waals surface area contributed by atoms with Crippen LogP contribution in [-0.4, -0.2) is 23.5 Å². The number of nitrogens with zero attached hydrogens (tertiary/aromatic N) is 2. The summed E-state index contributed by atoms with van der Waals surface area (Å²) in [5.74, 6) is 0.868. The summed E-state index contributed by atoms with van der Waals surface area (Å²) in [6.45, 7) is 4.62. The fourth-order valence-electron chi connectivity index (χ4n) is 3.80. The van der Waals surface area contributed by atoms with E-state index in [1.165, 1.54) is 51.4 Å². The lowest BCUT2D eigenvalue weighted by Crippen LogP contribution is -2.48. The van der Waals surface area contributed by atoms with Crippen LogP contribution in [0.2, 0.25) is 0 Å². The van der Waals surface area contributed by atoms with Crippen molar-refractivity contribution in [2.24, 2.45) is 5.92 Å². The van der Waals surface area contributed by atoms with E-state index in [-0.39, 0.29) is 5.54 Å². The SMILES string of the molecule is CCC1CCCC(C#N)(N2CCCCCC2)CC1. The Balaban J connectivity index is 2.06. The van der Waals surface area contributed by atoms with Crippen molar-refractivity contribution in [2.75, 3.05) is 13.1 Å². The Kier molecular flexibility index (Phi) is 5.06. The zero-order chi connectivity index (χ0) is 12.8. The molecule has 2 atom stereocenters. The topological polar surface area (TPSA) is 27.0 Å². The van der Waals surface area contributed by atoms with Gasteiger partial charge in [0.1, 0.15) is 5.54 Å². The Morgan fingerprint density at radius 1 is 1.06 bits per heavy atom. The normalized spacial score (nSPS) is 35.4. The molecule has 102 valence electrons. The van der Waals surface area contributed by atoms with Crippen LogP contribution in [0.4, 0.5) is 0 Å². The van der Waals surface area contributed by atoms with Crippen molar-refractivity contribution in [3.8, 4) is 6.07 Å². The van der Waals surface area contributed by atoms with E-state index in [0.717, 1.165) is 31.8 Å². The first-order chi connectivity index (χ1) is 8.80. The number of nitriles is 1. The Labute approximate surface area is 112 Å². The van der Waals surface area contributed by atoms with Crippen LogP contribution in [-0.2, 0) is 0 Å². The summed E-state index contributed by atoms with van der Waals surface area (Å²) in [6.07, 6.45) is 12.7. The van der Waals surface area contributed by atoms with Gasteiger partial charge in [-0.05, 0) is 51.1 Å². The largest absolute Gasteiger partial charge is 0.286 e. The molecule has 0 aromatic carbocycles. The molecule has 2 fully saturated rings. The van der Waals surface area contributed by atoms with E-state index in [1.807, 2.05) is 0 Å². The molecular weight excluding hydrogens is 220 g/mol. The number of rotatable bonds is 2. The van der Waals surface area contributed by atoms with Gasteiger partial charge in [0.2, 0.25) is 0 Å². The Morgan fingerprint density at radius 2 is 1.78 bits per heavy atom. The average molecular weight is 248 g/mol. The van der Waals surface area contributed by atoms with Gasteiger partial charge in [0.25, 0.3) is 0 Å². The minimum atomic E-state index is -0.117. The van der Waals surface area contributed by atoms with E-state index < -0.39 is 0 Å². The predicted octanol–water partition coefficient (Wildman–Crippen LogP) is 4.12. The zero-order valence-electron chi connectivity index (χ0n) is 12.0. The maximum Gasteiger partial charge on any atom is 0.109 e. The zero-order valence-corrected chi connectivity index (χ0v) is 12.0. The molecule has 1 saturated carbocycles. The second kappa shape index (κ2) is 6.57. The quantitative estimate of drug-likeness (QED) is 0.687. The van der Waals surface area contributed by atoms with Gasteiger partial charge in [-0.2, -0.15) is 5.26 Å². The van der Waals surface area contributed by atoms with E-state index in [2.05, 4.69) is 17.9 Å². The monoisotopic (exact) mass is 248 g/mol. The Morgan fingerprint density at radius 3 is 2.39 bits per heavy atom. The van der Waals surface area contributed by atoms with Crippen molar-refractivity contribution >= 4 is 0 Å². The molecule has 2 rings (SSSR count). The maximum atomic E-state index is 9.78. The van der Waals surface area contributed by atoms with E-state index in [0.29, 0.717) is 0 Å². The molecule has 1 aliphatic heterocycles. The summed E-state index contributed by atoms with van der Waals surface area (Å²) < 4.78 is 0. The smallest absolute Gasteiger partial charge is 0.109 e. The van der Waals surface area contributed by atoms with Gasteiger partial charge < -0.3 is 0 Å². The molecule has 0 bridgehead atoms. The molecule has 2 nitrogen and oxygen atoms in total. The summed E-state index contributed by atoms with van der Waals surface area (Å²) in [7, 11) is 0. The van der Waals surface area contributed by atoms with Gasteiger partial charge in [0.05, 0.1) is 6.07 Å². The van der Waals surface area contributed by atoms with Crippen LogP contribution in [0.3, 0.4) is 0 Å². The molecule has 0 aromatic heterocycles. The lowest BCUT2D eigenvalue weighted by molar-refractivity contribution is 0.123. The highest BCUT2D eigenvalue weighted by molar-refractivity contribution is 5.09. The standard InChI is InChI=1S/C16H28N2/c1-2-15-8-7-10-16(14-17,11-9-15)18-12-5-3-4-6-13-18/h15H,2-13H2,1H3. The lowest BCUT2D eigenvalue weighted by Gasteiger charge is -2.37. The molecule has 0 amide bonds. The van der Waals surface area contributed by atoms with Crippen LogP contribution >= 0.6 is 0 Å². The van der Waals surface area contributed by atoms with Gasteiger partial charge in [0, 0.05) is 0 Å². The van der Waals surface area contributed by atoms with E-state index >= 15 is 0 Å². The fraction of sp³-hybridized carbons (Fsp3) is 0.938. The van der Waals surface area contributed by atoms with Crippen LogP contribution in [0, 0.1) is 17.2 Å². The minimum Gasteiger partial charge on any atom is -0.286 e. The average Bonchev–Trinajstić information content (AvgIpc) is 2.79. The molecule has 1 heterocycles. The second-order valence-corrected chi connectivity index (χ2v) is 6.25. The summed E-state index contributed by atoms with van der Waals surface area (Å²) in [4.78, 5) is 2.54. The van der Waals surface area contributed by atoms with Crippen molar-refractivity contribution in [3.63, 3.8) is 0 Å². The molecule has 0 spiro atoms. The van der Waals surface area contributed by atoms with Crippen LogP contribution in [0.15, 0.2) is 0 Å². The van der Waals surface area contributed by atoms with E-state index in [9.17, 15) is 5.26 Å². The third kappa shape index (κ3) is 3.06. The third-order valence-corrected chi connectivity index (χ3v) is 5.17. The summed E-state index contributed by atoms with van der Waals surface area (Å²) in [5, 5.41) is 9.78. The van der Waals surface area contributed by atoms with Crippen LogP contribution in [0.5, 0.6) is 0 Å². The van der Waals surface area contributed by atoms with Crippen molar-refractivity contribution < 1.29 is 0 Å². The molecule has 1 saturated heterocycles. The lowest BCUT2D eigenvalue weighted by atomic mass is 9.88. The van der Waals surface area contributed by atoms with E-state index in [1.54, 1.807) is 0 Å². The number of likely N-dealkylation sites (tertiary alicyclic amines) is 1. The first-order valence-corrected chi connectivity index (χ1v) is 7.97. The van der Waals surface area contributed by atoms with Gasteiger partial charge in [-0.1, -0.05) is 39.0 Å². The number of hydrogen-bond donors (Lipinski definition) is 0. The van der Waals surface area contributed by atoms with E-state index in [4.69, 9.17) is 0 Å². The highest BCUT2D eigenvalue weighted by atomic mass is 15.2. The van der Waals surface area contributed by atoms with Crippen LogP contribution in [0.1, 0.15) is 71.1 Å². The third-order valence-electron chi connectivity index (χ3n) is 5.17. The van der Waals surface area contributed by atoms with Gasteiger partial charge >= 0.3 is 0 Å². The van der Waals surface area contributed by atoms with Gasteiger partial charge in [0.15, 0.2) is 0 Å². The fourth-order valence-corrected chi connectivity index (χ4v) is 3.80. The minimum absolute atomic E-state index is 0.117. The van der Waals surface area contributed by atoms with Gasteiger partial charge in [-0.15, -0.1) is 0 Å². The molecule has 1 aliphatic carbocycles. The molecular formula is C16H28N2.